The second kappa shape index (κ2) is 5.54. The van der Waals surface area contributed by atoms with Crippen LogP contribution in [0.5, 0.6) is 0 Å². The van der Waals surface area contributed by atoms with E-state index in [1.54, 1.807) is 24.6 Å². The monoisotopic (exact) mass is 282 g/mol. The van der Waals surface area contributed by atoms with E-state index in [2.05, 4.69) is 46.6 Å². The van der Waals surface area contributed by atoms with Gasteiger partial charge in [0.1, 0.15) is 5.02 Å². The number of hydrogen-bond donors (Lipinski definition) is 2. The van der Waals surface area contributed by atoms with E-state index in [1.165, 1.54) is 9.75 Å². The lowest BCUT2D eigenvalue weighted by molar-refractivity contribution is 0.894. The number of nitrogens with one attached hydrogen (secondary N) is 2. The van der Waals surface area contributed by atoms with Crippen LogP contribution >= 0.6 is 22.9 Å². The Labute approximate surface area is 115 Å². The van der Waals surface area contributed by atoms with Gasteiger partial charge in [0.25, 0.3) is 0 Å². The number of hydrogen-bond acceptors (Lipinski definition) is 5. The van der Waals surface area contributed by atoms with Gasteiger partial charge in [0.05, 0.1) is 12.2 Å². The molecule has 2 heterocycles. The summed E-state index contributed by atoms with van der Waals surface area (Å²) in [4.78, 5) is 10.9. The molecule has 2 aromatic heterocycles. The van der Waals surface area contributed by atoms with Crippen molar-refractivity contribution in [2.24, 2.45) is 0 Å². The molecule has 2 N–H and O–H groups in total. The molecule has 0 aliphatic heterocycles. The van der Waals surface area contributed by atoms with Gasteiger partial charge in [-0.15, -0.1) is 11.3 Å². The Morgan fingerprint density at radius 3 is 2.78 bits per heavy atom. The van der Waals surface area contributed by atoms with Gasteiger partial charge in [-0.25, -0.2) is 4.98 Å². The second-order valence-corrected chi connectivity index (χ2v) is 5.68. The second-order valence-electron chi connectivity index (χ2n) is 3.95. The van der Waals surface area contributed by atoms with E-state index in [1.807, 2.05) is 0 Å². The van der Waals surface area contributed by atoms with E-state index < -0.39 is 0 Å². The van der Waals surface area contributed by atoms with Gasteiger partial charge >= 0.3 is 0 Å². The highest BCUT2D eigenvalue weighted by molar-refractivity contribution is 7.12. The van der Waals surface area contributed by atoms with Crippen molar-refractivity contribution in [3.8, 4) is 0 Å². The highest BCUT2D eigenvalue weighted by Gasteiger charge is 2.11. The molecule has 0 spiro atoms. The van der Waals surface area contributed by atoms with Crippen LogP contribution in [0.1, 0.15) is 22.7 Å². The molecule has 4 nitrogen and oxygen atoms in total. The Bertz CT molecular complexity index is 541. The van der Waals surface area contributed by atoms with Crippen molar-refractivity contribution >= 4 is 34.7 Å². The van der Waals surface area contributed by atoms with E-state index in [4.69, 9.17) is 11.6 Å². The third kappa shape index (κ3) is 2.91. The van der Waals surface area contributed by atoms with Crippen LogP contribution in [0.3, 0.4) is 0 Å². The number of nitrogens with zero attached hydrogens (tertiary/aromatic N) is 2. The molecular weight excluding hydrogens is 268 g/mol. The minimum Gasteiger partial charge on any atom is -0.361 e. The predicted molar refractivity (Wildman–Crippen MR) is 77.7 cm³/mol. The van der Waals surface area contributed by atoms with Crippen molar-refractivity contribution in [1.82, 2.24) is 9.97 Å². The van der Waals surface area contributed by atoms with Crippen molar-refractivity contribution in [2.75, 3.05) is 17.7 Å². The normalized spacial score (nSPS) is 12.2. The molecule has 2 aromatic rings. The van der Waals surface area contributed by atoms with Gasteiger partial charge in [-0.3, -0.25) is 0 Å². The topological polar surface area (TPSA) is 49.8 Å². The molecule has 1 atom stereocenters. The molecule has 18 heavy (non-hydrogen) atoms. The van der Waals surface area contributed by atoms with E-state index >= 15 is 0 Å². The third-order valence-electron chi connectivity index (χ3n) is 2.51. The number of thiophene rings is 1. The van der Waals surface area contributed by atoms with E-state index in [9.17, 15) is 0 Å². The predicted octanol–water partition coefficient (Wildman–Crippen LogP) is 3.71. The highest BCUT2D eigenvalue weighted by Crippen LogP contribution is 2.28. The van der Waals surface area contributed by atoms with Crippen LogP contribution in [-0.4, -0.2) is 17.0 Å². The summed E-state index contributed by atoms with van der Waals surface area (Å²) in [5, 5.41) is 6.72. The number of aryl methyl sites for hydroxylation is 1. The van der Waals surface area contributed by atoms with E-state index in [0.29, 0.717) is 16.8 Å². The molecular formula is C12H15ClN4S. The van der Waals surface area contributed by atoms with Gasteiger partial charge in [0, 0.05) is 16.8 Å². The van der Waals surface area contributed by atoms with Gasteiger partial charge < -0.3 is 10.6 Å². The first-order valence-corrected chi connectivity index (χ1v) is 6.82. The smallest absolute Gasteiger partial charge is 0.224 e. The first-order chi connectivity index (χ1) is 8.60. The molecule has 1 unspecified atom stereocenters. The Morgan fingerprint density at radius 2 is 2.17 bits per heavy atom. The summed E-state index contributed by atoms with van der Waals surface area (Å²) in [6.07, 6.45) is 1.59. The van der Waals surface area contributed by atoms with Gasteiger partial charge in [-0.1, -0.05) is 11.6 Å². The van der Waals surface area contributed by atoms with Gasteiger partial charge in [-0.05, 0) is 26.0 Å². The third-order valence-corrected chi connectivity index (χ3v) is 3.97. The zero-order chi connectivity index (χ0) is 13.1. The standard InChI is InChI=1S/C12H15ClN4S/c1-7-4-5-10(18-7)8(2)16-11-9(13)6-15-12(14-3)17-11/h4-6,8H,1-3H3,(H2,14,15,16,17). The Morgan fingerprint density at radius 1 is 1.39 bits per heavy atom. The van der Waals surface area contributed by atoms with Crippen LogP contribution in [0.4, 0.5) is 11.8 Å². The Hall–Kier alpha value is -1.33. The summed E-state index contributed by atoms with van der Waals surface area (Å²) in [6, 6.07) is 4.39. The highest BCUT2D eigenvalue weighted by atomic mass is 35.5. The molecule has 0 bridgehead atoms. The van der Waals surface area contributed by atoms with Crippen molar-refractivity contribution < 1.29 is 0 Å². The van der Waals surface area contributed by atoms with Crippen LogP contribution in [0.25, 0.3) is 0 Å². The zero-order valence-electron chi connectivity index (χ0n) is 10.5. The summed E-state index contributed by atoms with van der Waals surface area (Å²) in [5.41, 5.74) is 0. The van der Waals surface area contributed by atoms with Crippen molar-refractivity contribution in [2.45, 2.75) is 19.9 Å². The van der Waals surface area contributed by atoms with Crippen molar-refractivity contribution in [3.63, 3.8) is 0 Å². The Kier molecular flexibility index (Phi) is 4.04. The molecule has 0 saturated carbocycles. The maximum Gasteiger partial charge on any atom is 0.224 e. The molecule has 0 aliphatic carbocycles. The molecule has 0 aliphatic rings. The lowest BCUT2D eigenvalue weighted by Gasteiger charge is -2.14. The SMILES string of the molecule is CNc1ncc(Cl)c(NC(C)c2ccc(C)s2)n1. The fraction of sp³-hybridized carbons (Fsp3) is 0.333. The van der Waals surface area contributed by atoms with E-state index in [0.717, 1.165) is 0 Å². The lowest BCUT2D eigenvalue weighted by Crippen LogP contribution is -2.08. The molecule has 0 radical (unpaired) electrons. The van der Waals surface area contributed by atoms with Crippen LogP contribution < -0.4 is 10.6 Å². The first kappa shape index (κ1) is 13.1. The number of anilines is 2. The molecule has 0 aromatic carbocycles. The summed E-state index contributed by atoms with van der Waals surface area (Å²) in [7, 11) is 1.78. The molecule has 6 heteroatoms. The molecule has 0 amide bonds. The molecule has 2 rings (SSSR count). The quantitative estimate of drug-likeness (QED) is 0.897. The average Bonchev–Trinajstić information content (AvgIpc) is 2.79. The summed E-state index contributed by atoms with van der Waals surface area (Å²) in [5.74, 6) is 1.20. The summed E-state index contributed by atoms with van der Waals surface area (Å²) >= 11 is 7.84. The summed E-state index contributed by atoms with van der Waals surface area (Å²) < 4.78 is 0. The minimum atomic E-state index is 0.167. The van der Waals surface area contributed by atoms with Crippen LogP contribution in [0.15, 0.2) is 18.3 Å². The van der Waals surface area contributed by atoms with Crippen LogP contribution in [0, 0.1) is 6.92 Å². The first-order valence-electron chi connectivity index (χ1n) is 5.63. The van der Waals surface area contributed by atoms with Gasteiger partial charge in [0.15, 0.2) is 5.82 Å². The Balaban J connectivity index is 2.18. The zero-order valence-corrected chi connectivity index (χ0v) is 12.1. The number of rotatable bonds is 4. The largest absolute Gasteiger partial charge is 0.361 e. The molecule has 0 saturated heterocycles. The average molecular weight is 283 g/mol. The molecule has 0 fully saturated rings. The van der Waals surface area contributed by atoms with Crippen LogP contribution in [0.2, 0.25) is 5.02 Å². The maximum absolute atomic E-state index is 6.08. The fourth-order valence-electron chi connectivity index (χ4n) is 1.55. The number of aromatic nitrogens is 2. The van der Waals surface area contributed by atoms with E-state index in [-0.39, 0.29) is 6.04 Å². The lowest BCUT2D eigenvalue weighted by atomic mass is 10.2. The summed E-state index contributed by atoms with van der Waals surface area (Å²) in [6.45, 7) is 4.18. The van der Waals surface area contributed by atoms with Gasteiger partial charge in [-0.2, -0.15) is 4.98 Å². The number of halogens is 1. The van der Waals surface area contributed by atoms with Crippen molar-refractivity contribution in [1.29, 1.82) is 0 Å². The maximum atomic E-state index is 6.08. The molecule has 96 valence electrons. The fourth-order valence-corrected chi connectivity index (χ4v) is 2.58. The van der Waals surface area contributed by atoms with Gasteiger partial charge in [0.2, 0.25) is 5.95 Å². The van der Waals surface area contributed by atoms with Crippen LogP contribution in [-0.2, 0) is 0 Å². The minimum absolute atomic E-state index is 0.167. The van der Waals surface area contributed by atoms with Crippen molar-refractivity contribution in [3.05, 3.63) is 33.1 Å².